The fourth-order valence-corrected chi connectivity index (χ4v) is 3.54. The van der Waals surface area contributed by atoms with Gasteiger partial charge >= 0.3 is 0 Å². The van der Waals surface area contributed by atoms with Crippen LogP contribution in [0, 0.1) is 6.92 Å². The number of hydrogen-bond acceptors (Lipinski definition) is 3. The van der Waals surface area contributed by atoms with Crippen LogP contribution >= 0.6 is 23.2 Å². The van der Waals surface area contributed by atoms with Crippen LogP contribution in [0.4, 0.5) is 0 Å². The Morgan fingerprint density at radius 1 is 1.00 bits per heavy atom. The summed E-state index contributed by atoms with van der Waals surface area (Å²) < 4.78 is 5.87. The van der Waals surface area contributed by atoms with Crippen molar-refractivity contribution in [1.82, 2.24) is 9.88 Å². The Morgan fingerprint density at radius 3 is 2.62 bits per heavy atom. The van der Waals surface area contributed by atoms with Gasteiger partial charge in [0.1, 0.15) is 5.52 Å². The van der Waals surface area contributed by atoms with Crippen molar-refractivity contribution >= 4 is 40.2 Å². The molecule has 0 spiro atoms. The number of halogens is 2. The molecule has 1 aromatic heterocycles. The highest BCUT2D eigenvalue weighted by Crippen LogP contribution is 2.23. The Hall–Kier alpha value is -2.82. The molecular formula is C23H18Cl2N2O2. The van der Waals surface area contributed by atoms with E-state index in [-0.39, 0.29) is 12.5 Å². The summed E-state index contributed by atoms with van der Waals surface area (Å²) in [5, 5.41) is 1.11. The maximum absolute atomic E-state index is 13.2. The maximum atomic E-state index is 13.2. The van der Waals surface area contributed by atoms with E-state index in [1.165, 1.54) is 0 Å². The van der Waals surface area contributed by atoms with Gasteiger partial charge < -0.3 is 9.32 Å². The highest BCUT2D eigenvalue weighted by molar-refractivity contribution is 6.31. The van der Waals surface area contributed by atoms with E-state index in [9.17, 15) is 4.79 Å². The van der Waals surface area contributed by atoms with E-state index in [4.69, 9.17) is 27.6 Å². The van der Waals surface area contributed by atoms with Crippen molar-refractivity contribution in [3.05, 3.63) is 99.4 Å². The summed E-state index contributed by atoms with van der Waals surface area (Å²) >= 11 is 12.4. The van der Waals surface area contributed by atoms with Crippen LogP contribution in [0.5, 0.6) is 0 Å². The summed E-state index contributed by atoms with van der Waals surface area (Å²) in [7, 11) is 0. The van der Waals surface area contributed by atoms with Crippen LogP contribution in [0.3, 0.4) is 0 Å². The fourth-order valence-electron chi connectivity index (χ4n) is 3.15. The monoisotopic (exact) mass is 424 g/mol. The van der Waals surface area contributed by atoms with E-state index in [0.717, 1.165) is 16.6 Å². The Bertz CT molecular complexity index is 1190. The first kappa shape index (κ1) is 19.5. The maximum Gasteiger partial charge on any atom is 0.254 e. The van der Waals surface area contributed by atoms with Gasteiger partial charge in [-0.15, -0.1) is 0 Å². The lowest BCUT2D eigenvalue weighted by Gasteiger charge is -2.22. The third-order valence-electron chi connectivity index (χ3n) is 4.59. The molecule has 0 aliphatic heterocycles. The van der Waals surface area contributed by atoms with E-state index in [1.807, 2.05) is 43.3 Å². The molecule has 4 rings (SSSR count). The van der Waals surface area contributed by atoms with Gasteiger partial charge in [0.05, 0.1) is 6.54 Å². The molecule has 1 heterocycles. The molecule has 0 radical (unpaired) electrons. The van der Waals surface area contributed by atoms with Gasteiger partial charge in [0.25, 0.3) is 5.91 Å². The Labute approximate surface area is 178 Å². The van der Waals surface area contributed by atoms with Crippen molar-refractivity contribution in [2.45, 2.75) is 20.0 Å². The third kappa shape index (κ3) is 4.44. The number of aromatic nitrogens is 1. The van der Waals surface area contributed by atoms with E-state index in [2.05, 4.69) is 4.98 Å². The van der Waals surface area contributed by atoms with Crippen LogP contribution in [-0.2, 0) is 13.1 Å². The van der Waals surface area contributed by atoms with Crippen molar-refractivity contribution in [3.8, 4) is 0 Å². The minimum absolute atomic E-state index is 0.175. The highest BCUT2D eigenvalue weighted by Gasteiger charge is 2.20. The lowest BCUT2D eigenvalue weighted by Crippen LogP contribution is -2.30. The quantitative estimate of drug-likeness (QED) is 0.378. The van der Waals surface area contributed by atoms with Crippen molar-refractivity contribution in [2.24, 2.45) is 0 Å². The summed E-state index contributed by atoms with van der Waals surface area (Å²) in [4.78, 5) is 19.4. The van der Waals surface area contributed by atoms with E-state index >= 15 is 0 Å². The van der Waals surface area contributed by atoms with Gasteiger partial charge in [0.2, 0.25) is 5.89 Å². The number of hydrogen-bond donors (Lipinski definition) is 0. The van der Waals surface area contributed by atoms with Gasteiger partial charge in [-0.3, -0.25) is 4.79 Å². The molecule has 0 aliphatic carbocycles. The molecule has 4 nitrogen and oxygen atoms in total. The highest BCUT2D eigenvalue weighted by atomic mass is 35.5. The molecule has 0 atom stereocenters. The molecule has 0 saturated carbocycles. The number of carbonyl (C=O) groups is 1. The summed E-state index contributed by atoms with van der Waals surface area (Å²) in [6.07, 6.45) is 0. The molecule has 1 amide bonds. The van der Waals surface area contributed by atoms with Crippen molar-refractivity contribution in [1.29, 1.82) is 0 Å². The summed E-state index contributed by atoms with van der Waals surface area (Å²) in [5.41, 5.74) is 3.90. The summed E-state index contributed by atoms with van der Waals surface area (Å²) in [6.45, 7) is 2.53. The van der Waals surface area contributed by atoms with Crippen LogP contribution in [0.2, 0.25) is 10.0 Å². The molecule has 0 saturated heterocycles. The minimum atomic E-state index is -0.175. The molecule has 0 bridgehead atoms. The van der Waals surface area contributed by atoms with E-state index in [0.29, 0.717) is 33.6 Å². The second kappa shape index (κ2) is 8.27. The standard InChI is InChI=1S/C23H18Cl2N2O2/c1-15-9-10-21-20(11-15)26-22(29-21)14-27(13-17-5-2-3-8-19(17)25)23(28)16-6-4-7-18(24)12-16/h2-12H,13-14H2,1H3. The molecule has 29 heavy (non-hydrogen) atoms. The number of amides is 1. The predicted molar refractivity (Wildman–Crippen MR) is 115 cm³/mol. The number of aryl methyl sites for hydroxylation is 1. The summed E-state index contributed by atoms with van der Waals surface area (Å²) in [5.74, 6) is 0.291. The average molecular weight is 425 g/mol. The fraction of sp³-hybridized carbons (Fsp3) is 0.130. The van der Waals surface area contributed by atoms with Gasteiger partial charge in [-0.2, -0.15) is 0 Å². The number of nitrogens with zero attached hydrogens (tertiary/aromatic N) is 2. The first-order chi connectivity index (χ1) is 14.0. The van der Waals surface area contributed by atoms with Crippen molar-refractivity contribution in [3.63, 3.8) is 0 Å². The number of rotatable bonds is 5. The first-order valence-corrected chi connectivity index (χ1v) is 9.89. The molecule has 0 N–H and O–H groups in total. The van der Waals surface area contributed by atoms with Crippen LogP contribution in [-0.4, -0.2) is 15.8 Å². The molecule has 0 fully saturated rings. The Kier molecular flexibility index (Phi) is 5.56. The number of carbonyl (C=O) groups excluding carboxylic acids is 1. The third-order valence-corrected chi connectivity index (χ3v) is 5.20. The number of oxazole rings is 1. The largest absolute Gasteiger partial charge is 0.439 e. The van der Waals surface area contributed by atoms with Gasteiger partial charge in [-0.25, -0.2) is 4.98 Å². The molecular weight excluding hydrogens is 407 g/mol. The van der Waals surface area contributed by atoms with Gasteiger partial charge in [-0.1, -0.05) is 53.5 Å². The molecule has 0 aliphatic rings. The summed E-state index contributed by atoms with van der Waals surface area (Å²) in [6, 6.07) is 20.2. The van der Waals surface area contributed by atoms with Crippen LogP contribution < -0.4 is 0 Å². The smallest absolute Gasteiger partial charge is 0.254 e. The zero-order valence-electron chi connectivity index (χ0n) is 15.7. The molecule has 4 aromatic rings. The molecule has 3 aromatic carbocycles. The first-order valence-electron chi connectivity index (χ1n) is 9.14. The predicted octanol–water partition coefficient (Wildman–Crippen LogP) is 6.29. The minimum Gasteiger partial charge on any atom is -0.439 e. The Balaban J connectivity index is 1.68. The van der Waals surface area contributed by atoms with Gasteiger partial charge in [-0.05, 0) is 54.4 Å². The number of benzene rings is 3. The van der Waals surface area contributed by atoms with Crippen LogP contribution in [0.25, 0.3) is 11.1 Å². The van der Waals surface area contributed by atoms with Gasteiger partial charge in [0, 0.05) is 22.2 Å². The SMILES string of the molecule is Cc1ccc2oc(CN(Cc3ccccc3Cl)C(=O)c3cccc(Cl)c3)nc2c1. The molecule has 0 unspecified atom stereocenters. The zero-order chi connectivity index (χ0) is 20.4. The Morgan fingerprint density at radius 2 is 1.83 bits per heavy atom. The lowest BCUT2D eigenvalue weighted by molar-refractivity contribution is 0.0715. The zero-order valence-corrected chi connectivity index (χ0v) is 17.2. The number of fused-ring (bicyclic) bond motifs is 1. The topological polar surface area (TPSA) is 46.3 Å². The van der Waals surface area contributed by atoms with Crippen LogP contribution in [0.15, 0.2) is 71.1 Å². The second-order valence-electron chi connectivity index (χ2n) is 6.84. The van der Waals surface area contributed by atoms with E-state index < -0.39 is 0 Å². The van der Waals surface area contributed by atoms with E-state index in [1.54, 1.807) is 35.2 Å². The average Bonchev–Trinajstić information content (AvgIpc) is 3.10. The van der Waals surface area contributed by atoms with Crippen molar-refractivity contribution < 1.29 is 9.21 Å². The lowest BCUT2D eigenvalue weighted by atomic mass is 10.1. The molecule has 146 valence electrons. The molecule has 6 heteroatoms. The van der Waals surface area contributed by atoms with Gasteiger partial charge in [0.15, 0.2) is 5.58 Å². The van der Waals surface area contributed by atoms with Crippen LogP contribution in [0.1, 0.15) is 27.4 Å². The van der Waals surface area contributed by atoms with Crippen molar-refractivity contribution in [2.75, 3.05) is 0 Å². The normalized spacial score (nSPS) is 11.0. The second-order valence-corrected chi connectivity index (χ2v) is 7.69.